The van der Waals surface area contributed by atoms with Gasteiger partial charge in [-0.05, 0) is 43.6 Å². The second kappa shape index (κ2) is 6.95. The van der Waals surface area contributed by atoms with E-state index in [9.17, 15) is 0 Å². The molecule has 1 rings (SSSR count). The maximum atomic E-state index is 3.63. The molecular formula is C15H29N3. The van der Waals surface area contributed by atoms with Crippen LogP contribution in [0.5, 0.6) is 0 Å². The fourth-order valence-electron chi connectivity index (χ4n) is 2.22. The summed E-state index contributed by atoms with van der Waals surface area (Å²) in [7, 11) is 2.03. The van der Waals surface area contributed by atoms with Gasteiger partial charge in [-0.25, -0.2) is 0 Å². The monoisotopic (exact) mass is 251 g/mol. The van der Waals surface area contributed by atoms with E-state index in [1.165, 1.54) is 5.56 Å². The first-order valence-electron chi connectivity index (χ1n) is 6.96. The van der Waals surface area contributed by atoms with Crippen LogP contribution < -0.4 is 10.6 Å². The van der Waals surface area contributed by atoms with E-state index in [2.05, 4.69) is 55.6 Å². The Kier molecular flexibility index (Phi) is 5.89. The van der Waals surface area contributed by atoms with Gasteiger partial charge < -0.3 is 15.6 Å². The van der Waals surface area contributed by atoms with Gasteiger partial charge in [0, 0.05) is 24.4 Å². The number of rotatable bonds is 8. The predicted molar refractivity (Wildman–Crippen MR) is 78.9 cm³/mol. The smallest absolute Gasteiger partial charge is 0.00438 e. The van der Waals surface area contributed by atoms with Gasteiger partial charge >= 0.3 is 0 Å². The number of nitrogens with one attached hydrogen (secondary N) is 3. The van der Waals surface area contributed by atoms with E-state index in [-0.39, 0.29) is 5.41 Å². The van der Waals surface area contributed by atoms with Crippen molar-refractivity contribution in [1.29, 1.82) is 0 Å². The summed E-state index contributed by atoms with van der Waals surface area (Å²) >= 11 is 0. The quantitative estimate of drug-likeness (QED) is 0.664. The number of aromatic amines is 1. The van der Waals surface area contributed by atoms with E-state index in [1.54, 1.807) is 0 Å². The largest absolute Gasteiger partial charge is 0.367 e. The lowest BCUT2D eigenvalue weighted by molar-refractivity contribution is 0.337. The zero-order valence-corrected chi connectivity index (χ0v) is 12.5. The first kappa shape index (κ1) is 15.3. The van der Waals surface area contributed by atoms with Crippen molar-refractivity contribution in [2.24, 2.45) is 11.8 Å². The molecule has 0 amide bonds. The van der Waals surface area contributed by atoms with E-state index >= 15 is 0 Å². The lowest BCUT2D eigenvalue weighted by Crippen LogP contribution is -2.39. The summed E-state index contributed by atoms with van der Waals surface area (Å²) < 4.78 is 0. The van der Waals surface area contributed by atoms with Crippen molar-refractivity contribution in [2.75, 3.05) is 26.7 Å². The Bertz CT molecular complexity index is 314. The maximum absolute atomic E-state index is 3.63. The second-order valence-electron chi connectivity index (χ2n) is 6.18. The summed E-state index contributed by atoms with van der Waals surface area (Å²) in [6.45, 7) is 12.3. The zero-order valence-electron chi connectivity index (χ0n) is 12.5. The molecule has 1 aromatic heterocycles. The van der Waals surface area contributed by atoms with Crippen LogP contribution in [0.1, 0.15) is 33.3 Å². The normalized spacial score (nSPS) is 14.1. The average Bonchev–Trinajstić information content (AvgIpc) is 2.81. The summed E-state index contributed by atoms with van der Waals surface area (Å²) in [5, 5.41) is 6.91. The molecule has 3 heteroatoms. The fraction of sp³-hybridized carbons (Fsp3) is 0.733. The Hall–Kier alpha value is -0.800. The molecule has 0 aliphatic heterocycles. The standard InChI is InChI=1S/C15H29N3/c1-12(2)13(8-16-5)9-18-11-15(3,4)14-6-7-17-10-14/h6-7,10,12-13,16-18H,8-9,11H2,1-5H3. The molecule has 0 radical (unpaired) electrons. The van der Waals surface area contributed by atoms with Gasteiger partial charge in [0.2, 0.25) is 0 Å². The van der Waals surface area contributed by atoms with Crippen LogP contribution >= 0.6 is 0 Å². The molecule has 3 N–H and O–H groups in total. The van der Waals surface area contributed by atoms with Crippen molar-refractivity contribution in [3.05, 3.63) is 24.0 Å². The molecule has 18 heavy (non-hydrogen) atoms. The molecule has 1 atom stereocenters. The first-order chi connectivity index (χ1) is 8.47. The van der Waals surface area contributed by atoms with Gasteiger partial charge in [0.05, 0.1) is 0 Å². The molecule has 0 aliphatic rings. The Morgan fingerprint density at radius 1 is 1.28 bits per heavy atom. The van der Waals surface area contributed by atoms with Gasteiger partial charge in [0.1, 0.15) is 0 Å². The van der Waals surface area contributed by atoms with Crippen LogP contribution in [0, 0.1) is 11.8 Å². The van der Waals surface area contributed by atoms with E-state index in [0.29, 0.717) is 11.8 Å². The molecule has 0 fully saturated rings. The third kappa shape index (κ3) is 4.46. The minimum absolute atomic E-state index is 0.182. The number of H-pyrrole nitrogens is 1. The summed E-state index contributed by atoms with van der Waals surface area (Å²) in [5.41, 5.74) is 1.55. The van der Waals surface area contributed by atoms with Gasteiger partial charge in [0.25, 0.3) is 0 Å². The molecule has 1 heterocycles. The Morgan fingerprint density at radius 2 is 2.00 bits per heavy atom. The Balaban J connectivity index is 2.40. The van der Waals surface area contributed by atoms with Crippen LogP contribution in [0.25, 0.3) is 0 Å². The minimum Gasteiger partial charge on any atom is -0.367 e. The third-order valence-electron chi connectivity index (χ3n) is 3.76. The van der Waals surface area contributed by atoms with E-state index in [4.69, 9.17) is 0 Å². The summed E-state index contributed by atoms with van der Waals surface area (Å²) in [4.78, 5) is 3.14. The van der Waals surface area contributed by atoms with Crippen molar-refractivity contribution in [3.63, 3.8) is 0 Å². The maximum Gasteiger partial charge on any atom is 0.00438 e. The summed E-state index contributed by atoms with van der Waals surface area (Å²) in [5.74, 6) is 1.40. The van der Waals surface area contributed by atoms with Crippen molar-refractivity contribution >= 4 is 0 Å². The first-order valence-corrected chi connectivity index (χ1v) is 6.96. The van der Waals surface area contributed by atoms with Gasteiger partial charge in [-0.1, -0.05) is 27.7 Å². The van der Waals surface area contributed by atoms with Crippen molar-refractivity contribution in [2.45, 2.75) is 33.1 Å². The highest BCUT2D eigenvalue weighted by molar-refractivity contribution is 5.20. The van der Waals surface area contributed by atoms with Gasteiger partial charge in [-0.3, -0.25) is 0 Å². The molecule has 0 aromatic carbocycles. The summed E-state index contributed by atoms with van der Waals surface area (Å²) in [6.07, 6.45) is 4.09. The third-order valence-corrected chi connectivity index (χ3v) is 3.76. The molecule has 104 valence electrons. The fourth-order valence-corrected chi connectivity index (χ4v) is 2.22. The van der Waals surface area contributed by atoms with Crippen LogP contribution in [0.3, 0.4) is 0 Å². The lowest BCUT2D eigenvalue weighted by atomic mass is 9.86. The highest BCUT2D eigenvalue weighted by Gasteiger charge is 2.21. The Morgan fingerprint density at radius 3 is 2.50 bits per heavy atom. The van der Waals surface area contributed by atoms with Crippen LogP contribution in [0.15, 0.2) is 18.5 Å². The molecule has 3 nitrogen and oxygen atoms in total. The molecule has 1 aromatic rings. The highest BCUT2D eigenvalue weighted by Crippen LogP contribution is 2.21. The lowest BCUT2D eigenvalue weighted by Gasteiger charge is -2.27. The topological polar surface area (TPSA) is 39.8 Å². The van der Waals surface area contributed by atoms with E-state index in [0.717, 1.165) is 19.6 Å². The summed E-state index contributed by atoms with van der Waals surface area (Å²) in [6, 6.07) is 2.16. The van der Waals surface area contributed by atoms with Crippen LogP contribution in [0.4, 0.5) is 0 Å². The van der Waals surface area contributed by atoms with Crippen molar-refractivity contribution in [1.82, 2.24) is 15.6 Å². The molecule has 0 aliphatic carbocycles. The van der Waals surface area contributed by atoms with Crippen molar-refractivity contribution < 1.29 is 0 Å². The van der Waals surface area contributed by atoms with E-state index < -0.39 is 0 Å². The minimum atomic E-state index is 0.182. The number of hydrogen-bond acceptors (Lipinski definition) is 2. The van der Waals surface area contributed by atoms with Crippen LogP contribution in [-0.4, -0.2) is 31.7 Å². The van der Waals surface area contributed by atoms with Gasteiger partial charge in [-0.2, -0.15) is 0 Å². The average molecular weight is 251 g/mol. The van der Waals surface area contributed by atoms with Crippen LogP contribution in [-0.2, 0) is 5.41 Å². The number of aromatic nitrogens is 1. The molecule has 1 unspecified atom stereocenters. The number of hydrogen-bond donors (Lipinski definition) is 3. The van der Waals surface area contributed by atoms with Crippen LogP contribution in [0.2, 0.25) is 0 Å². The molecule has 0 saturated heterocycles. The molecule has 0 spiro atoms. The van der Waals surface area contributed by atoms with E-state index in [1.807, 2.05) is 13.2 Å². The second-order valence-corrected chi connectivity index (χ2v) is 6.18. The molecule has 0 saturated carbocycles. The molecular weight excluding hydrogens is 222 g/mol. The zero-order chi connectivity index (χ0) is 13.6. The predicted octanol–water partition coefficient (Wildman–Crippen LogP) is 2.37. The Labute approximate surface area is 112 Å². The molecule has 0 bridgehead atoms. The SMILES string of the molecule is CNCC(CNCC(C)(C)c1cc[nH]c1)C(C)C. The highest BCUT2D eigenvalue weighted by atomic mass is 14.9. The van der Waals surface area contributed by atoms with Crippen molar-refractivity contribution in [3.8, 4) is 0 Å². The van der Waals surface area contributed by atoms with Gasteiger partial charge in [0.15, 0.2) is 0 Å². The van der Waals surface area contributed by atoms with Gasteiger partial charge in [-0.15, -0.1) is 0 Å².